The minimum absolute atomic E-state index is 0.0701. The number of amides is 1. The highest BCUT2D eigenvalue weighted by atomic mass is 35.5. The summed E-state index contributed by atoms with van der Waals surface area (Å²) in [6.07, 6.45) is -3.76. The van der Waals surface area contributed by atoms with E-state index in [2.05, 4.69) is 5.32 Å². The number of methoxy groups -OCH3 is 1. The molecule has 2 aromatic carbocycles. The molecule has 132 valence electrons. The lowest BCUT2D eigenvalue weighted by molar-refractivity contribution is -0.137. The van der Waals surface area contributed by atoms with Crippen LogP contribution in [0.15, 0.2) is 42.5 Å². The summed E-state index contributed by atoms with van der Waals surface area (Å²) < 4.78 is 42.8. The van der Waals surface area contributed by atoms with Crippen molar-refractivity contribution in [2.45, 2.75) is 18.5 Å². The molecule has 1 N–H and O–H groups in total. The lowest BCUT2D eigenvalue weighted by Gasteiger charge is -2.09. The largest absolute Gasteiger partial charge is 0.497 e. The molecular formula is C18H15ClF3NO2. The second-order valence-electron chi connectivity index (χ2n) is 5.90. The van der Waals surface area contributed by atoms with Gasteiger partial charge in [-0.05, 0) is 42.2 Å². The van der Waals surface area contributed by atoms with E-state index in [9.17, 15) is 18.0 Å². The maximum absolute atomic E-state index is 12.6. The van der Waals surface area contributed by atoms with Crippen LogP contribution in [0.4, 0.5) is 18.9 Å². The van der Waals surface area contributed by atoms with Gasteiger partial charge in [0.2, 0.25) is 5.91 Å². The van der Waals surface area contributed by atoms with Crippen molar-refractivity contribution in [1.29, 1.82) is 0 Å². The highest BCUT2D eigenvalue weighted by molar-refractivity contribution is 6.33. The van der Waals surface area contributed by atoms with E-state index in [0.717, 1.165) is 17.7 Å². The molecule has 2 atom stereocenters. The Balaban J connectivity index is 1.64. The number of carbonyl (C=O) groups excluding carboxylic acids is 1. The molecular weight excluding hydrogens is 355 g/mol. The van der Waals surface area contributed by atoms with Crippen LogP contribution in [-0.4, -0.2) is 13.0 Å². The van der Waals surface area contributed by atoms with Crippen molar-refractivity contribution in [2.75, 3.05) is 12.4 Å². The van der Waals surface area contributed by atoms with Gasteiger partial charge in [-0.15, -0.1) is 0 Å². The zero-order valence-electron chi connectivity index (χ0n) is 13.2. The first kappa shape index (κ1) is 17.6. The standard InChI is InChI=1S/C18H15ClF3NO2/c1-25-12-6-7-16(15(19)8-12)23-17(24)14-9-13(14)10-2-4-11(5-3-10)18(20,21)22/h2-8,13-14H,9H2,1H3,(H,23,24). The van der Waals surface area contributed by atoms with Crippen LogP contribution in [0.2, 0.25) is 5.02 Å². The van der Waals surface area contributed by atoms with Crippen LogP contribution in [0.5, 0.6) is 5.75 Å². The zero-order chi connectivity index (χ0) is 18.2. The first-order chi connectivity index (χ1) is 11.8. The van der Waals surface area contributed by atoms with Gasteiger partial charge in [0.15, 0.2) is 0 Å². The van der Waals surface area contributed by atoms with Gasteiger partial charge in [0.25, 0.3) is 0 Å². The van der Waals surface area contributed by atoms with Gasteiger partial charge in [-0.3, -0.25) is 4.79 Å². The molecule has 7 heteroatoms. The van der Waals surface area contributed by atoms with E-state index < -0.39 is 11.7 Å². The molecule has 1 aliphatic rings. The van der Waals surface area contributed by atoms with Crippen molar-refractivity contribution in [1.82, 2.24) is 0 Å². The predicted molar refractivity (Wildman–Crippen MR) is 88.9 cm³/mol. The van der Waals surface area contributed by atoms with Crippen LogP contribution in [0.3, 0.4) is 0 Å². The van der Waals surface area contributed by atoms with Gasteiger partial charge in [0.1, 0.15) is 5.75 Å². The normalized spacial score (nSPS) is 19.4. The average Bonchev–Trinajstić information content (AvgIpc) is 3.37. The summed E-state index contributed by atoms with van der Waals surface area (Å²) in [5, 5.41) is 3.11. The first-order valence-corrected chi connectivity index (χ1v) is 7.99. The van der Waals surface area contributed by atoms with Crippen molar-refractivity contribution < 1.29 is 22.7 Å². The summed E-state index contributed by atoms with van der Waals surface area (Å²) in [6, 6.07) is 9.88. The van der Waals surface area contributed by atoms with Gasteiger partial charge < -0.3 is 10.1 Å². The number of benzene rings is 2. The number of hydrogen-bond acceptors (Lipinski definition) is 2. The summed E-state index contributed by atoms with van der Waals surface area (Å²) in [7, 11) is 1.52. The predicted octanol–water partition coefficient (Wildman–Crippen LogP) is 5.11. The fourth-order valence-electron chi connectivity index (χ4n) is 2.72. The number of hydrogen-bond donors (Lipinski definition) is 1. The topological polar surface area (TPSA) is 38.3 Å². The van der Waals surface area contributed by atoms with Crippen LogP contribution in [-0.2, 0) is 11.0 Å². The monoisotopic (exact) mass is 369 g/mol. The number of anilines is 1. The molecule has 2 unspecified atom stereocenters. The molecule has 2 aromatic rings. The van der Waals surface area contributed by atoms with Gasteiger partial charge in [-0.1, -0.05) is 23.7 Å². The van der Waals surface area contributed by atoms with Crippen LogP contribution in [0.25, 0.3) is 0 Å². The number of rotatable bonds is 4. The second kappa shape index (κ2) is 6.59. The minimum Gasteiger partial charge on any atom is -0.497 e. The van der Waals surface area contributed by atoms with Gasteiger partial charge in [-0.25, -0.2) is 0 Å². The summed E-state index contributed by atoms with van der Waals surface area (Å²) in [5.41, 5.74) is 0.516. The molecule has 3 nitrogen and oxygen atoms in total. The van der Waals surface area contributed by atoms with E-state index in [1.54, 1.807) is 18.2 Å². The van der Waals surface area contributed by atoms with Crippen molar-refractivity contribution in [3.05, 3.63) is 58.6 Å². The molecule has 0 bridgehead atoms. The van der Waals surface area contributed by atoms with E-state index in [4.69, 9.17) is 16.3 Å². The Morgan fingerprint density at radius 2 is 1.88 bits per heavy atom. The average molecular weight is 370 g/mol. The number of carbonyl (C=O) groups is 1. The van der Waals surface area contributed by atoms with E-state index in [0.29, 0.717) is 22.9 Å². The Hall–Kier alpha value is -2.21. The van der Waals surface area contributed by atoms with E-state index in [-0.39, 0.29) is 17.7 Å². The number of halogens is 4. The molecule has 1 saturated carbocycles. The Bertz CT molecular complexity index is 790. The van der Waals surface area contributed by atoms with Crippen LogP contribution >= 0.6 is 11.6 Å². The smallest absolute Gasteiger partial charge is 0.416 e. The third kappa shape index (κ3) is 3.90. The fraction of sp³-hybridized carbons (Fsp3) is 0.278. The van der Waals surface area contributed by atoms with Crippen LogP contribution < -0.4 is 10.1 Å². The molecule has 0 aliphatic heterocycles. The highest BCUT2D eigenvalue weighted by Crippen LogP contribution is 2.48. The Labute approximate surface area is 147 Å². The van der Waals surface area contributed by atoms with Crippen molar-refractivity contribution in [3.8, 4) is 5.75 Å². The van der Waals surface area contributed by atoms with E-state index in [1.165, 1.54) is 19.2 Å². The van der Waals surface area contributed by atoms with E-state index >= 15 is 0 Å². The summed E-state index contributed by atoms with van der Waals surface area (Å²) >= 11 is 6.09. The zero-order valence-corrected chi connectivity index (χ0v) is 14.0. The van der Waals surface area contributed by atoms with Gasteiger partial charge in [0, 0.05) is 12.0 Å². The molecule has 3 rings (SSSR count). The number of ether oxygens (including phenoxy) is 1. The van der Waals surface area contributed by atoms with Gasteiger partial charge in [-0.2, -0.15) is 13.2 Å². The molecule has 1 aliphatic carbocycles. The first-order valence-electron chi connectivity index (χ1n) is 7.61. The lowest BCUT2D eigenvalue weighted by atomic mass is 10.1. The molecule has 1 amide bonds. The summed E-state index contributed by atoms with van der Waals surface area (Å²) in [6.45, 7) is 0. The quantitative estimate of drug-likeness (QED) is 0.813. The fourth-order valence-corrected chi connectivity index (χ4v) is 2.94. The number of nitrogens with one attached hydrogen (secondary N) is 1. The molecule has 1 fully saturated rings. The molecule has 0 spiro atoms. The Kier molecular flexibility index (Phi) is 4.64. The minimum atomic E-state index is -4.36. The molecule has 0 saturated heterocycles. The van der Waals surface area contributed by atoms with Crippen LogP contribution in [0, 0.1) is 5.92 Å². The third-order valence-electron chi connectivity index (χ3n) is 4.23. The highest BCUT2D eigenvalue weighted by Gasteiger charge is 2.44. The summed E-state index contributed by atoms with van der Waals surface area (Å²) in [5.74, 6) is 0.0447. The van der Waals surface area contributed by atoms with E-state index in [1.807, 2.05) is 0 Å². The molecule has 25 heavy (non-hydrogen) atoms. The molecule has 0 radical (unpaired) electrons. The Morgan fingerprint density at radius 1 is 1.20 bits per heavy atom. The summed E-state index contributed by atoms with van der Waals surface area (Å²) in [4.78, 5) is 12.3. The van der Waals surface area contributed by atoms with Crippen molar-refractivity contribution in [2.24, 2.45) is 5.92 Å². The van der Waals surface area contributed by atoms with Gasteiger partial charge >= 0.3 is 6.18 Å². The molecule has 0 heterocycles. The Morgan fingerprint density at radius 3 is 2.44 bits per heavy atom. The van der Waals surface area contributed by atoms with Crippen molar-refractivity contribution >= 4 is 23.2 Å². The van der Waals surface area contributed by atoms with Gasteiger partial charge in [0.05, 0.1) is 23.4 Å². The second-order valence-corrected chi connectivity index (χ2v) is 6.31. The maximum Gasteiger partial charge on any atom is 0.416 e. The molecule has 0 aromatic heterocycles. The van der Waals surface area contributed by atoms with Crippen molar-refractivity contribution in [3.63, 3.8) is 0 Å². The maximum atomic E-state index is 12.6. The SMILES string of the molecule is COc1ccc(NC(=O)C2CC2c2ccc(C(F)(F)F)cc2)c(Cl)c1. The number of alkyl halides is 3. The van der Waals surface area contributed by atoms with Crippen LogP contribution in [0.1, 0.15) is 23.5 Å². The lowest BCUT2D eigenvalue weighted by Crippen LogP contribution is -2.15. The third-order valence-corrected chi connectivity index (χ3v) is 4.54.